The molecule has 0 aromatic rings. The Morgan fingerprint density at radius 3 is 2.62 bits per heavy atom. The number of amides is 1. The summed E-state index contributed by atoms with van der Waals surface area (Å²) >= 11 is 0. The van der Waals surface area contributed by atoms with Crippen LogP contribution in [-0.2, 0) is 14.3 Å². The molecule has 1 N–H and O–H groups in total. The van der Waals surface area contributed by atoms with Crippen LogP contribution >= 0.6 is 0 Å². The lowest BCUT2D eigenvalue weighted by molar-refractivity contribution is -0.158. The molecule has 1 heterocycles. The van der Waals surface area contributed by atoms with Gasteiger partial charge in [-0.1, -0.05) is 0 Å². The standard InChI is InChI=1S/C4H5NO3/c6-3-4(7)8-2-1-5-3/h1-2H2,(H,5,6). The Morgan fingerprint density at radius 1 is 1.50 bits per heavy atom. The predicted octanol–water partition coefficient (Wildman–Crippen LogP) is -1.34. The van der Waals surface area contributed by atoms with E-state index in [-0.39, 0.29) is 0 Å². The average molecular weight is 115 g/mol. The highest BCUT2D eigenvalue weighted by molar-refractivity contribution is 6.32. The molecule has 1 fully saturated rings. The van der Waals surface area contributed by atoms with Gasteiger partial charge in [0.1, 0.15) is 6.61 Å². The number of ether oxygens (including phenoxy) is 1. The molecule has 0 radical (unpaired) electrons. The monoisotopic (exact) mass is 115 g/mol. The van der Waals surface area contributed by atoms with Crippen molar-refractivity contribution in [2.75, 3.05) is 13.2 Å². The number of cyclic esters (lactones) is 1. The molecule has 1 aliphatic rings. The van der Waals surface area contributed by atoms with Crippen LogP contribution in [0.4, 0.5) is 0 Å². The van der Waals surface area contributed by atoms with E-state index in [0.29, 0.717) is 13.2 Å². The minimum Gasteiger partial charge on any atom is -0.457 e. The van der Waals surface area contributed by atoms with Gasteiger partial charge in [-0.3, -0.25) is 4.79 Å². The van der Waals surface area contributed by atoms with E-state index in [2.05, 4.69) is 10.1 Å². The molecule has 0 spiro atoms. The van der Waals surface area contributed by atoms with Crippen LogP contribution in [0, 0.1) is 0 Å². The molecular weight excluding hydrogens is 110 g/mol. The van der Waals surface area contributed by atoms with Gasteiger partial charge >= 0.3 is 11.9 Å². The van der Waals surface area contributed by atoms with Gasteiger partial charge in [0.25, 0.3) is 0 Å². The second-order valence-corrected chi connectivity index (χ2v) is 1.39. The lowest BCUT2D eigenvalue weighted by Crippen LogP contribution is -2.40. The van der Waals surface area contributed by atoms with Crippen LogP contribution in [0.15, 0.2) is 0 Å². The molecule has 0 unspecified atom stereocenters. The number of hydrogen-bond donors (Lipinski definition) is 1. The quantitative estimate of drug-likeness (QED) is 0.314. The smallest absolute Gasteiger partial charge is 0.396 e. The maximum Gasteiger partial charge on any atom is 0.396 e. The number of hydrogen-bond acceptors (Lipinski definition) is 3. The van der Waals surface area contributed by atoms with Crippen molar-refractivity contribution >= 4 is 11.9 Å². The van der Waals surface area contributed by atoms with Crippen LogP contribution in [-0.4, -0.2) is 25.0 Å². The number of rotatable bonds is 0. The van der Waals surface area contributed by atoms with Crippen LogP contribution < -0.4 is 5.32 Å². The molecule has 1 amide bonds. The summed E-state index contributed by atoms with van der Waals surface area (Å²) in [4.78, 5) is 20.4. The van der Waals surface area contributed by atoms with Gasteiger partial charge in [-0.15, -0.1) is 0 Å². The fraction of sp³-hybridized carbons (Fsp3) is 0.500. The van der Waals surface area contributed by atoms with Crippen LogP contribution in [0.1, 0.15) is 0 Å². The van der Waals surface area contributed by atoms with Gasteiger partial charge in [0.15, 0.2) is 0 Å². The van der Waals surface area contributed by atoms with E-state index in [0.717, 1.165) is 0 Å². The Labute approximate surface area is 45.8 Å². The van der Waals surface area contributed by atoms with Crippen molar-refractivity contribution in [3.05, 3.63) is 0 Å². The van der Waals surface area contributed by atoms with Gasteiger partial charge in [0.05, 0.1) is 6.54 Å². The summed E-state index contributed by atoms with van der Waals surface area (Å²) < 4.78 is 4.34. The zero-order valence-electron chi connectivity index (χ0n) is 4.14. The first-order valence-corrected chi connectivity index (χ1v) is 2.25. The van der Waals surface area contributed by atoms with E-state index in [4.69, 9.17) is 0 Å². The van der Waals surface area contributed by atoms with E-state index < -0.39 is 11.9 Å². The number of nitrogens with one attached hydrogen (secondary N) is 1. The lowest BCUT2D eigenvalue weighted by Gasteiger charge is -2.09. The molecule has 44 valence electrons. The minimum atomic E-state index is -0.781. The van der Waals surface area contributed by atoms with Crippen molar-refractivity contribution in [3.8, 4) is 0 Å². The maximum atomic E-state index is 10.2. The highest BCUT2D eigenvalue weighted by atomic mass is 16.5. The molecule has 1 rings (SSSR count). The summed E-state index contributed by atoms with van der Waals surface area (Å²) in [6.07, 6.45) is 0. The number of esters is 1. The molecule has 8 heavy (non-hydrogen) atoms. The summed E-state index contributed by atoms with van der Waals surface area (Å²) in [7, 11) is 0. The maximum absolute atomic E-state index is 10.2. The van der Waals surface area contributed by atoms with E-state index in [1.165, 1.54) is 0 Å². The molecular formula is C4H5NO3. The molecule has 0 bridgehead atoms. The van der Waals surface area contributed by atoms with E-state index in [9.17, 15) is 9.59 Å². The highest BCUT2D eigenvalue weighted by Crippen LogP contribution is 1.83. The van der Waals surface area contributed by atoms with Crippen LogP contribution in [0.2, 0.25) is 0 Å². The van der Waals surface area contributed by atoms with E-state index in [1.54, 1.807) is 0 Å². The molecule has 0 aromatic heterocycles. The first-order chi connectivity index (χ1) is 3.80. The van der Waals surface area contributed by atoms with Crippen molar-refractivity contribution in [1.29, 1.82) is 0 Å². The first kappa shape index (κ1) is 5.08. The van der Waals surface area contributed by atoms with Crippen LogP contribution in [0.25, 0.3) is 0 Å². The zero-order chi connectivity index (χ0) is 5.98. The second kappa shape index (κ2) is 1.81. The van der Waals surface area contributed by atoms with Gasteiger partial charge in [-0.05, 0) is 0 Å². The van der Waals surface area contributed by atoms with Crippen LogP contribution in [0.5, 0.6) is 0 Å². The number of carbonyl (C=O) groups excluding carboxylic acids is 2. The van der Waals surface area contributed by atoms with Crippen molar-refractivity contribution in [3.63, 3.8) is 0 Å². The summed E-state index contributed by atoms with van der Waals surface area (Å²) in [6.45, 7) is 0.731. The molecule has 0 aromatic carbocycles. The Kier molecular flexibility index (Phi) is 1.15. The molecule has 4 heteroatoms. The third kappa shape index (κ3) is 0.776. The molecule has 1 saturated heterocycles. The summed E-state index contributed by atoms with van der Waals surface area (Å²) in [6, 6.07) is 0. The summed E-state index contributed by atoms with van der Waals surface area (Å²) in [5, 5.41) is 2.32. The van der Waals surface area contributed by atoms with Crippen molar-refractivity contribution in [2.24, 2.45) is 0 Å². The third-order valence-corrected chi connectivity index (χ3v) is 0.806. The van der Waals surface area contributed by atoms with Crippen molar-refractivity contribution in [1.82, 2.24) is 5.32 Å². The predicted molar refractivity (Wildman–Crippen MR) is 24.0 cm³/mol. The Balaban J connectivity index is 2.52. The number of carbonyl (C=O) groups is 2. The third-order valence-electron chi connectivity index (χ3n) is 0.806. The lowest BCUT2D eigenvalue weighted by atomic mass is 10.5. The van der Waals surface area contributed by atoms with Gasteiger partial charge in [0.2, 0.25) is 0 Å². The molecule has 4 nitrogen and oxygen atoms in total. The normalized spacial score (nSPS) is 19.5. The fourth-order valence-electron chi connectivity index (χ4n) is 0.446. The Morgan fingerprint density at radius 2 is 2.25 bits per heavy atom. The topological polar surface area (TPSA) is 55.4 Å². The average Bonchev–Trinajstić information content (AvgIpc) is 1.77. The van der Waals surface area contributed by atoms with Gasteiger partial charge in [-0.25, -0.2) is 4.79 Å². The minimum absolute atomic E-state index is 0.296. The van der Waals surface area contributed by atoms with Gasteiger partial charge < -0.3 is 10.1 Å². The van der Waals surface area contributed by atoms with Crippen LogP contribution in [0.3, 0.4) is 0 Å². The van der Waals surface area contributed by atoms with Crippen molar-refractivity contribution in [2.45, 2.75) is 0 Å². The summed E-state index contributed by atoms with van der Waals surface area (Å²) in [5.41, 5.74) is 0. The van der Waals surface area contributed by atoms with Gasteiger partial charge in [0, 0.05) is 0 Å². The van der Waals surface area contributed by atoms with E-state index >= 15 is 0 Å². The summed E-state index contributed by atoms with van der Waals surface area (Å²) in [5.74, 6) is -1.42. The van der Waals surface area contributed by atoms with Gasteiger partial charge in [-0.2, -0.15) is 0 Å². The Bertz CT molecular complexity index is 115. The highest BCUT2D eigenvalue weighted by Gasteiger charge is 2.18. The zero-order valence-corrected chi connectivity index (χ0v) is 4.14. The number of morpholine rings is 1. The molecule has 0 atom stereocenters. The Hall–Kier alpha value is -1.06. The molecule has 0 saturated carbocycles. The molecule has 0 aliphatic carbocycles. The van der Waals surface area contributed by atoms with E-state index in [1.807, 2.05) is 0 Å². The molecule has 1 aliphatic heterocycles. The van der Waals surface area contributed by atoms with Crippen molar-refractivity contribution < 1.29 is 14.3 Å². The largest absolute Gasteiger partial charge is 0.457 e. The second-order valence-electron chi connectivity index (χ2n) is 1.39. The fourth-order valence-corrected chi connectivity index (χ4v) is 0.446. The first-order valence-electron chi connectivity index (χ1n) is 2.25. The SMILES string of the molecule is O=C1NCCOC1=O.